The zero-order valence-corrected chi connectivity index (χ0v) is 63.1. The number of aliphatic hydroxyl groups is 1. The smallest absolute Gasteiger partial charge is 0.462 e. The van der Waals surface area contributed by atoms with Crippen LogP contribution in [0.4, 0.5) is 0 Å². The highest BCUT2D eigenvalue weighted by Crippen LogP contribution is 2.45. The standard InChI is InChI=1S/C75H146O17P2/c1-7-10-12-14-16-17-18-19-20-21-22-23-24-25-30-33-36-40-47-53-59-74(79)91-70(64-86-73(78)58-52-46-39-35-32-29-27-26-28-31-34-38-43-49-55-67(4)5)65-89-93(81,82)87-61-69(76)62-88-94(83,84)90-66-71(63-85-72(77)57-51-45-37-15-13-11-8-2)92-75(80)60-54-48-42-41-44-50-56-68(6)9-3/h67-71,76H,7-66H2,1-6H3,(H,81,82)(H,83,84)/t68?,69-,70-,71-/m1/s1. The highest BCUT2D eigenvalue weighted by molar-refractivity contribution is 7.47. The molecule has 0 spiro atoms. The van der Waals surface area contributed by atoms with Gasteiger partial charge in [0.05, 0.1) is 26.4 Å². The van der Waals surface area contributed by atoms with E-state index in [-0.39, 0.29) is 25.7 Å². The lowest BCUT2D eigenvalue weighted by Crippen LogP contribution is -2.30. The van der Waals surface area contributed by atoms with Gasteiger partial charge in [-0.05, 0) is 37.5 Å². The third-order valence-electron chi connectivity index (χ3n) is 17.8. The van der Waals surface area contributed by atoms with Crippen LogP contribution in [0.25, 0.3) is 0 Å². The van der Waals surface area contributed by atoms with E-state index in [1.54, 1.807) is 0 Å². The van der Waals surface area contributed by atoms with Crippen LogP contribution in [-0.4, -0.2) is 96.7 Å². The Morgan fingerprint density at radius 1 is 0.309 bits per heavy atom. The van der Waals surface area contributed by atoms with Gasteiger partial charge < -0.3 is 33.8 Å². The molecule has 0 aliphatic rings. The average molecular weight is 1380 g/mol. The molecule has 3 N–H and O–H groups in total. The average Bonchev–Trinajstić information content (AvgIpc) is 2.35. The number of hydrogen-bond donors (Lipinski definition) is 3. The van der Waals surface area contributed by atoms with Crippen molar-refractivity contribution in [2.24, 2.45) is 11.8 Å². The maximum absolute atomic E-state index is 13.1. The van der Waals surface area contributed by atoms with Gasteiger partial charge in [0.15, 0.2) is 12.2 Å². The van der Waals surface area contributed by atoms with E-state index in [9.17, 15) is 43.2 Å². The van der Waals surface area contributed by atoms with E-state index in [1.807, 2.05) is 0 Å². The summed E-state index contributed by atoms with van der Waals surface area (Å²) >= 11 is 0. The van der Waals surface area contributed by atoms with Crippen LogP contribution in [0, 0.1) is 11.8 Å². The zero-order valence-electron chi connectivity index (χ0n) is 61.3. The van der Waals surface area contributed by atoms with Crippen molar-refractivity contribution in [1.29, 1.82) is 0 Å². The number of phosphoric ester groups is 2. The number of rotatable bonds is 74. The molecule has 0 aromatic carbocycles. The molecule has 0 amide bonds. The minimum Gasteiger partial charge on any atom is -0.462 e. The number of ether oxygens (including phenoxy) is 4. The number of esters is 4. The molecule has 0 saturated heterocycles. The largest absolute Gasteiger partial charge is 0.472 e. The molecule has 0 aliphatic heterocycles. The molecule has 558 valence electrons. The van der Waals surface area contributed by atoms with Crippen molar-refractivity contribution in [3.63, 3.8) is 0 Å². The molecule has 0 fully saturated rings. The minimum absolute atomic E-state index is 0.103. The van der Waals surface area contributed by atoms with Crippen LogP contribution in [0.15, 0.2) is 0 Å². The summed E-state index contributed by atoms with van der Waals surface area (Å²) in [5.41, 5.74) is 0. The van der Waals surface area contributed by atoms with Crippen LogP contribution < -0.4 is 0 Å². The Bertz CT molecular complexity index is 1820. The normalized spacial score (nSPS) is 14.3. The minimum atomic E-state index is -4.96. The molecule has 17 nitrogen and oxygen atoms in total. The first-order valence-corrected chi connectivity index (χ1v) is 42.0. The van der Waals surface area contributed by atoms with Gasteiger partial charge in [0.1, 0.15) is 19.3 Å². The van der Waals surface area contributed by atoms with Crippen molar-refractivity contribution in [2.75, 3.05) is 39.6 Å². The van der Waals surface area contributed by atoms with E-state index in [2.05, 4.69) is 41.5 Å². The molecule has 0 aromatic rings. The second-order valence-corrected chi connectivity index (χ2v) is 30.7. The number of carbonyl (C=O) groups is 4. The second kappa shape index (κ2) is 66.9. The lowest BCUT2D eigenvalue weighted by atomic mass is 10.00. The van der Waals surface area contributed by atoms with Gasteiger partial charge in [-0.25, -0.2) is 9.13 Å². The fraction of sp³-hybridized carbons (Fsp3) is 0.947. The maximum Gasteiger partial charge on any atom is 0.472 e. The topological polar surface area (TPSA) is 237 Å². The van der Waals surface area contributed by atoms with Crippen molar-refractivity contribution in [3.05, 3.63) is 0 Å². The van der Waals surface area contributed by atoms with E-state index < -0.39 is 97.5 Å². The van der Waals surface area contributed by atoms with Crippen LogP contribution in [0.2, 0.25) is 0 Å². The lowest BCUT2D eigenvalue weighted by Gasteiger charge is -2.21. The van der Waals surface area contributed by atoms with E-state index >= 15 is 0 Å². The van der Waals surface area contributed by atoms with Gasteiger partial charge in [-0.1, -0.05) is 337 Å². The number of unbranched alkanes of at least 4 members (excludes halogenated alkanes) is 43. The summed E-state index contributed by atoms with van der Waals surface area (Å²) < 4.78 is 68.3. The summed E-state index contributed by atoms with van der Waals surface area (Å²) in [6.07, 6.45) is 54.4. The summed E-state index contributed by atoms with van der Waals surface area (Å²) in [6.45, 7) is 9.51. The molecule has 0 radical (unpaired) electrons. The summed E-state index contributed by atoms with van der Waals surface area (Å²) in [6, 6.07) is 0. The molecule has 0 heterocycles. The fourth-order valence-electron chi connectivity index (χ4n) is 11.4. The summed E-state index contributed by atoms with van der Waals surface area (Å²) in [5, 5.41) is 10.6. The van der Waals surface area contributed by atoms with Crippen LogP contribution >= 0.6 is 15.6 Å². The first-order chi connectivity index (χ1) is 45.4. The van der Waals surface area contributed by atoms with Gasteiger partial charge in [0, 0.05) is 25.7 Å². The number of phosphoric acid groups is 2. The molecular weight excluding hydrogens is 1230 g/mol. The highest BCUT2D eigenvalue weighted by atomic mass is 31.2. The number of carbonyl (C=O) groups excluding carboxylic acids is 4. The number of hydrogen-bond acceptors (Lipinski definition) is 15. The predicted molar refractivity (Wildman–Crippen MR) is 381 cm³/mol. The van der Waals surface area contributed by atoms with Crippen molar-refractivity contribution < 1.29 is 80.2 Å². The van der Waals surface area contributed by atoms with Crippen LogP contribution in [0.1, 0.15) is 388 Å². The van der Waals surface area contributed by atoms with Crippen LogP contribution in [-0.2, 0) is 65.4 Å². The molecule has 6 atom stereocenters. The Hall–Kier alpha value is -1.94. The molecule has 0 aromatic heterocycles. The predicted octanol–water partition coefficient (Wildman–Crippen LogP) is 21.9. The maximum atomic E-state index is 13.1. The van der Waals surface area contributed by atoms with Gasteiger partial charge in [0.2, 0.25) is 0 Å². The Labute approximate surface area is 575 Å². The van der Waals surface area contributed by atoms with Crippen LogP contribution in [0.5, 0.6) is 0 Å². The van der Waals surface area contributed by atoms with Gasteiger partial charge in [-0.3, -0.25) is 37.3 Å². The van der Waals surface area contributed by atoms with Crippen molar-refractivity contribution >= 4 is 39.5 Å². The fourth-order valence-corrected chi connectivity index (χ4v) is 13.0. The highest BCUT2D eigenvalue weighted by Gasteiger charge is 2.30. The Morgan fingerprint density at radius 3 is 0.809 bits per heavy atom. The molecule has 3 unspecified atom stereocenters. The molecule has 0 rings (SSSR count). The summed E-state index contributed by atoms with van der Waals surface area (Å²) in [5.74, 6) is -0.606. The van der Waals surface area contributed by atoms with E-state index in [4.69, 9.17) is 37.0 Å². The van der Waals surface area contributed by atoms with E-state index in [1.165, 1.54) is 193 Å². The summed E-state index contributed by atoms with van der Waals surface area (Å²) in [4.78, 5) is 72.6. The molecule has 0 aliphatic carbocycles. The van der Waals surface area contributed by atoms with Gasteiger partial charge >= 0.3 is 39.5 Å². The summed E-state index contributed by atoms with van der Waals surface area (Å²) in [7, 11) is -9.90. The van der Waals surface area contributed by atoms with Gasteiger partial charge in [0.25, 0.3) is 0 Å². The first-order valence-electron chi connectivity index (χ1n) is 39.0. The Balaban J connectivity index is 5.17. The third-order valence-corrected chi connectivity index (χ3v) is 19.7. The van der Waals surface area contributed by atoms with Crippen molar-refractivity contribution in [2.45, 2.75) is 407 Å². The Morgan fingerprint density at radius 2 is 0.543 bits per heavy atom. The quantitative estimate of drug-likeness (QED) is 0.0222. The molecular formula is C75H146O17P2. The van der Waals surface area contributed by atoms with Crippen LogP contribution in [0.3, 0.4) is 0 Å². The van der Waals surface area contributed by atoms with E-state index in [0.717, 1.165) is 115 Å². The second-order valence-electron chi connectivity index (χ2n) is 27.8. The van der Waals surface area contributed by atoms with Gasteiger partial charge in [-0.15, -0.1) is 0 Å². The first kappa shape index (κ1) is 92.1. The van der Waals surface area contributed by atoms with Crippen molar-refractivity contribution in [3.8, 4) is 0 Å². The van der Waals surface area contributed by atoms with Crippen molar-refractivity contribution in [1.82, 2.24) is 0 Å². The van der Waals surface area contributed by atoms with E-state index in [0.29, 0.717) is 25.7 Å². The lowest BCUT2D eigenvalue weighted by molar-refractivity contribution is -0.161. The monoisotopic (exact) mass is 1380 g/mol. The zero-order chi connectivity index (χ0) is 69.3. The molecule has 94 heavy (non-hydrogen) atoms. The third kappa shape index (κ3) is 67.3. The SMILES string of the molecule is CCCCCCCCCCCCCCCCCCCCCCC(=O)O[C@H](COC(=O)CCCCCCCCCCCCCCCCC(C)C)COP(=O)(O)OC[C@@H](O)COP(=O)(O)OC[C@@H](COC(=O)CCCCCCCCC)OC(=O)CCCCCCCCC(C)CC. The van der Waals surface area contributed by atoms with Gasteiger partial charge in [-0.2, -0.15) is 0 Å². The number of aliphatic hydroxyl groups excluding tert-OH is 1. The Kier molecular flexibility index (Phi) is 65.5. The molecule has 0 saturated carbocycles. The molecule has 19 heteroatoms. The molecule has 0 bridgehead atoms.